The first-order valence-corrected chi connectivity index (χ1v) is 4.40. The van der Waals surface area contributed by atoms with Crippen molar-refractivity contribution in [1.82, 2.24) is 10.6 Å². The van der Waals surface area contributed by atoms with Gasteiger partial charge in [0.15, 0.2) is 0 Å². The summed E-state index contributed by atoms with van der Waals surface area (Å²) in [6.07, 6.45) is 0. The highest BCUT2D eigenvalue weighted by Gasteiger charge is 2.14. The number of carboxylic acids is 1. The summed E-state index contributed by atoms with van der Waals surface area (Å²) in [6, 6.07) is -1.73. The van der Waals surface area contributed by atoms with Crippen molar-refractivity contribution in [3.05, 3.63) is 0 Å². The maximum absolute atomic E-state index is 11.0. The van der Waals surface area contributed by atoms with Crippen LogP contribution in [-0.4, -0.2) is 42.3 Å². The molecule has 0 fully saturated rings. The fourth-order valence-electron chi connectivity index (χ4n) is 0.674. The number of nitrogens with one attached hydrogen (secondary N) is 2. The normalized spacial score (nSPS) is 11.3. The highest BCUT2D eigenvalue weighted by molar-refractivity contribution is 5.84. The lowest BCUT2D eigenvalue weighted by molar-refractivity contribution is -0.141. The van der Waals surface area contributed by atoms with Gasteiger partial charge in [0.1, 0.15) is 12.6 Å². The predicted molar refractivity (Wildman–Crippen MR) is 50.3 cm³/mol. The lowest BCUT2D eigenvalue weighted by Crippen LogP contribution is -2.45. The minimum Gasteiger partial charge on any atom is -0.480 e. The summed E-state index contributed by atoms with van der Waals surface area (Å²) in [5, 5.41) is 12.7. The molecule has 0 heterocycles. The van der Waals surface area contributed by atoms with Crippen LogP contribution in [0.2, 0.25) is 0 Å². The van der Waals surface area contributed by atoms with E-state index in [-0.39, 0.29) is 13.2 Å². The Morgan fingerprint density at radius 1 is 1.40 bits per heavy atom. The van der Waals surface area contributed by atoms with Crippen LogP contribution in [0.5, 0.6) is 0 Å². The van der Waals surface area contributed by atoms with Gasteiger partial charge >= 0.3 is 18.0 Å². The monoisotopic (exact) mass is 218 g/mol. The van der Waals surface area contributed by atoms with Crippen molar-refractivity contribution in [2.24, 2.45) is 0 Å². The zero-order valence-corrected chi connectivity index (χ0v) is 8.57. The van der Waals surface area contributed by atoms with E-state index in [1.54, 1.807) is 6.92 Å². The minimum atomic E-state index is -1.15. The van der Waals surface area contributed by atoms with Crippen LogP contribution < -0.4 is 10.6 Å². The molecule has 0 aliphatic rings. The summed E-state index contributed by atoms with van der Waals surface area (Å²) in [7, 11) is 0. The molecule has 0 unspecified atom stereocenters. The average Bonchev–Trinajstić information content (AvgIpc) is 2.15. The lowest BCUT2D eigenvalue weighted by atomic mass is 10.3. The summed E-state index contributed by atoms with van der Waals surface area (Å²) in [6.45, 7) is 2.90. The number of urea groups is 1. The number of hydrogen-bond donors (Lipinski definition) is 3. The molecule has 7 nitrogen and oxygen atoms in total. The van der Waals surface area contributed by atoms with Gasteiger partial charge in [-0.2, -0.15) is 0 Å². The van der Waals surface area contributed by atoms with Crippen LogP contribution in [0.15, 0.2) is 0 Å². The maximum Gasteiger partial charge on any atom is 0.325 e. The van der Waals surface area contributed by atoms with E-state index in [2.05, 4.69) is 15.4 Å². The number of carboxylic acid groups (broad SMARTS) is 1. The molecule has 0 radical (unpaired) electrons. The standard InChI is InChI=1S/C8H14N2O5/c1-3-15-6(11)4-9-8(14)10-5(2)7(12)13/h5H,3-4H2,1-2H3,(H,12,13)(H2,9,10,14)/t5-/m0/s1. The van der Waals surface area contributed by atoms with E-state index in [9.17, 15) is 14.4 Å². The third-order valence-electron chi connectivity index (χ3n) is 1.42. The molecule has 0 rings (SSSR count). The number of rotatable bonds is 5. The second-order valence-corrected chi connectivity index (χ2v) is 2.69. The van der Waals surface area contributed by atoms with Crippen molar-refractivity contribution in [2.75, 3.05) is 13.2 Å². The molecule has 0 saturated carbocycles. The molecule has 15 heavy (non-hydrogen) atoms. The van der Waals surface area contributed by atoms with Gasteiger partial charge in [-0.25, -0.2) is 4.79 Å². The van der Waals surface area contributed by atoms with E-state index in [1.807, 2.05) is 0 Å². The average molecular weight is 218 g/mol. The van der Waals surface area contributed by atoms with Crippen LogP contribution in [0.1, 0.15) is 13.8 Å². The number of amides is 2. The Morgan fingerprint density at radius 3 is 2.47 bits per heavy atom. The number of aliphatic carboxylic acids is 1. The molecule has 1 atom stereocenters. The van der Waals surface area contributed by atoms with Gasteiger partial charge in [0, 0.05) is 0 Å². The van der Waals surface area contributed by atoms with E-state index < -0.39 is 24.0 Å². The maximum atomic E-state index is 11.0. The van der Waals surface area contributed by atoms with Gasteiger partial charge in [-0.05, 0) is 13.8 Å². The van der Waals surface area contributed by atoms with Crippen LogP contribution >= 0.6 is 0 Å². The number of carbonyl (C=O) groups excluding carboxylic acids is 2. The molecule has 0 aliphatic carbocycles. The van der Waals surface area contributed by atoms with Gasteiger partial charge in [-0.15, -0.1) is 0 Å². The van der Waals surface area contributed by atoms with Crippen molar-refractivity contribution in [2.45, 2.75) is 19.9 Å². The van der Waals surface area contributed by atoms with Gasteiger partial charge in [-0.1, -0.05) is 0 Å². The molecule has 2 amide bonds. The number of ether oxygens (including phenoxy) is 1. The number of esters is 1. The first kappa shape index (κ1) is 13.2. The van der Waals surface area contributed by atoms with Crippen molar-refractivity contribution in [3.8, 4) is 0 Å². The Morgan fingerprint density at radius 2 is 2.00 bits per heavy atom. The van der Waals surface area contributed by atoms with Crippen LogP contribution in [0, 0.1) is 0 Å². The fraction of sp³-hybridized carbons (Fsp3) is 0.625. The predicted octanol–water partition coefficient (Wildman–Crippen LogP) is -0.678. The van der Waals surface area contributed by atoms with Crippen molar-refractivity contribution >= 4 is 18.0 Å². The highest BCUT2D eigenvalue weighted by Crippen LogP contribution is 1.81. The van der Waals surface area contributed by atoms with E-state index in [1.165, 1.54) is 6.92 Å². The molecule has 3 N–H and O–H groups in total. The van der Waals surface area contributed by atoms with Crippen LogP contribution in [0.25, 0.3) is 0 Å². The van der Waals surface area contributed by atoms with Crippen molar-refractivity contribution < 1.29 is 24.2 Å². The van der Waals surface area contributed by atoms with E-state index in [0.717, 1.165) is 0 Å². The molecule has 0 aliphatic heterocycles. The molecule has 0 spiro atoms. The SMILES string of the molecule is CCOC(=O)CNC(=O)N[C@@H](C)C(=O)O. The molecule has 86 valence electrons. The molecular formula is C8H14N2O5. The first-order chi connectivity index (χ1) is 6.97. The highest BCUT2D eigenvalue weighted by atomic mass is 16.5. The second kappa shape index (κ2) is 6.63. The van der Waals surface area contributed by atoms with Gasteiger partial charge in [0.2, 0.25) is 0 Å². The van der Waals surface area contributed by atoms with Gasteiger partial charge < -0.3 is 20.5 Å². The van der Waals surface area contributed by atoms with Crippen molar-refractivity contribution in [3.63, 3.8) is 0 Å². The molecule has 0 aromatic carbocycles. The molecule has 0 bridgehead atoms. The zero-order chi connectivity index (χ0) is 11.8. The van der Waals surface area contributed by atoms with Crippen LogP contribution in [0.4, 0.5) is 4.79 Å². The van der Waals surface area contributed by atoms with Crippen LogP contribution in [-0.2, 0) is 14.3 Å². The molecule has 0 saturated heterocycles. The lowest BCUT2D eigenvalue weighted by Gasteiger charge is -2.09. The van der Waals surface area contributed by atoms with E-state index in [0.29, 0.717) is 0 Å². The fourth-order valence-corrected chi connectivity index (χ4v) is 0.674. The topological polar surface area (TPSA) is 105 Å². The van der Waals surface area contributed by atoms with E-state index in [4.69, 9.17) is 5.11 Å². The number of hydrogen-bond acceptors (Lipinski definition) is 4. The zero-order valence-electron chi connectivity index (χ0n) is 8.57. The summed E-state index contributed by atoms with van der Waals surface area (Å²) < 4.78 is 4.55. The Bertz CT molecular complexity index is 253. The summed E-state index contributed by atoms with van der Waals surface area (Å²) in [5.41, 5.74) is 0. The van der Waals surface area contributed by atoms with Gasteiger partial charge in [0.25, 0.3) is 0 Å². The molecule has 7 heteroatoms. The number of carbonyl (C=O) groups is 3. The summed E-state index contributed by atoms with van der Waals surface area (Å²) in [5.74, 6) is -1.73. The smallest absolute Gasteiger partial charge is 0.325 e. The van der Waals surface area contributed by atoms with E-state index >= 15 is 0 Å². The summed E-state index contributed by atoms with van der Waals surface area (Å²) >= 11 is 0. The third-order valence-corrected chi connectivity index (χ3v) is 1.42. The van der Waals surface area contributed by atoms with Gasteiger partial charge in [-0.3, -0.25) is 9.59 Å². The Balaban J connectivity index is 3.75. The third kappa shape index (κ3) is 6.30. The largest absolute Gasteiger partial charge is 0.480 e. The first-order valence-electron chi connectivity index (χ1n) is 4.40. The second-order valence-electron chi connectivity index (χ2n) is 2.69. The quantitative estimate of drug-likeness (QED) is 0.530. The Labute approximate surface area is 86.8 Å². The summed E-state index contributed by atoms with van der Waals surface area (Å²) in [4.78, 5) is 32.1. The Hall–Kier alpha value is -1.79. The Kier molecular flexibility index (Phi) is 5.84. The minimum absolute atomic E-state index is 0.230. The molecule has 0 aromatic rings. The molecule has 0 aromatic heterocycles. The van der Waals surface area contributed by atoms with Crippen molar-refractivity contribution in [1.29, 1.82) is 0 Å². The van der Waals surface area contributed by atoms with Crippen LogP contribution in [0.3, 0.4) is 0 Å². The molecular weight excluding hydrogens is 204 g/mol. The van der Waals surface area contributed by atoms with Gasteiger partial charge in [0.05, 0.1) is 6.61 Å².